The molecule has 100 valence electrons. The second kappa shape index (κ2) is 6.83. The molecular formula is C17H13ClO2. The van der Waals surface area contributed by atoms with Gasteiger partial charge in [-0.2, -0.15) is 0 Å². The summed E-state index contributed by atoms with van der Waals surface area (Å²) in [7, 11) is 0. The number of carbonyl (C=O) groups excluding carboxylic acids is 2. The summed E-state index contributed by atoms with van der Waals surface area (Å²) in [4.78, 5) is 22.6. The molecule has 0 saturated carbocycles. The molecule has 0 bridgehead atoms. The van der Waals surface area contributed by atoms with E-state index < -0.39 is 0 Å². The zero-order valence-electron chi connectivity index (χ0n) is 10.8. The molecule has 2 rings (SSSR count). The fourth-order valence-electron chi connectivity index (χ4n) is 1.85. The first kappa shape index (κ1) is 14.2. The minimum absolute atomic E-state index is 0.0948. The molecule has 0 saturated heterocycles. The summed E-state index contributed by atoms with van der Waals surface area (Å²) in [6, 6.07) is 14.2. The minimum atomic E-state index is -0.0948. The number of halogens is 1. The molecule has 0 aliphatic rings. The van der Waals surface area contributed by atoms with E-state index in [1.54, 1.807) is 30.3 Å². The predicted octanol–water partition coefficient (Wildman–Crippen LogP) is 3.98. The number of allylic oxidation sites excluding steroid dienone is 1. The monoisotopic (exact) mass is 284 g/mol. The van der Waals surface area contributed by atoms with Gasteiger partial charge in [0, 0.05) is 17.0 Å². The lowest BCUT2D eigenvalue weighted by Crippen LogP contribution is -1.94. The standard InChI is InChI=1S/C17H13ClO2/c18-16-8-5-15(6-9-16)17(20)10-7-13-3-1-2-4-14(13)11-12-19/h1-10,12H,11H2/b10-7+. The Hall–Kier alpha value is -2.19. The first-order valence-electron chi connectivity index (χ1n) is 6.20. The zero-order chi connectivity index (χ0) is 14.4. The molecule has 0 aromatic heterocycles. The van der Waals surface area contributed by atoms with Crippen LogP contribution in [0.4, 0.5) is 0 Å². The number of ketones is 1. The summed E-state index contributed by atoms with van der Waals surface area (Å²) in [5.41, 5.74) is 2.36. The lowest BCUT2D eigenvalue weighted by atomic mass is 10.0. The second-order valence-corrected chi connectivity index (χ2v) is 4.71. The van der Waals surface area contributed by atoms with Crippen LogP contribution in [-0.2, 0) is 11.2 Å². The molecule has 2 aromatic carbocycles. The Balaban J connectivity index is 2.18. The summed E-state index contributed by atoms with van der Waals surface area (Å²) in [6.07, 6.45) is 4.44. The average molecular weight is 285 g/mol. The van der Waals surface area contributed by atoms with Gasteiger partial charge in [-0.15, -0.1) is 0 Å². The summed E-state index contributed by atoms with van der Waals surface area (Å²) in [5.74, 6) is -0.0948. The van der Waals surface area contributed by atoms with Crippen LogP contribution in [0.1, 0.15) is 21.5 Å². The molecule has 3 heteroatoms. The number of aldehydes is 1. The van der Waals surface area contributed by atoms with Gasteiger partial charge < -0.3 is 4.79 Å². The van der Waals surface area contributed by atoms with Gasteiger partial charge in [-0.1, -0.05) is 41.9 Å². The Morgan fingerprint density at radius 2 is 1.75 bits per heavy atom. The van der Waals surface area contributed by atoms with Gasteiger partial charge in [-0.05, 0) is 41.5 Å². The van der Waals surface area contributed by atoms with E-state index >= 15 is 0 Å². The molecule has 0 N–H and O–H groups in total. The Bertz CT molecular complexity index is 642. The van der Waals surface area contributed by atoms with Crippen molar-refractivity contribution in [1.82, 2.24) is 0 Å². The van der Waals surface area contributed by atoms with Gasteiger partial charge in [0.05, 0.1) is 0 Å². The van der Waals surface area contributed by atoms with Crippen molar-refractivity contribution >= 4 is 29.7 Å². The van der Waals surface area contributed by atoms with Gasteiger partial charge in [0.2, 0.25) is 0 Å². The molecule has 20 heavy (non-hydrogen) atoms. The lowest BCUT2D eigenvalue weighted by molar-refractivity contribution is -0.107. The predicted molar refractivity (Wildman–Crippen MR) is 81.0 cm³/mol. The van der Waals surface area contributed by atoms with E-state index in [4.69, 9.17) is 11.6 Å². The number of benzene rings is 2. The topological polar surface area (TPSA) is 34.1 Å². The van der Waals surface area contributed by atoms with Gasteiger partial charge >= 0.3 is 0 Å². The van der Waals surface area contributed by atoms with Crippen molar-refractivity contribution in [3.8, 4) is 0 Å². The molecule has 2 nitrogen and oxygen atoms in total. The van der Waals surface area contributed by atoms with Crippen molar-refractivity contribution in [2.75, 3.05) is 0 Å². The van der Waals surface area contributed by atoms with Crippen LogP contribution in [0.15, 0.2) is 54.6 Å². The first-order valence-corrected chi connectivity index (χ1v) is 6.58. The van der Waals surface area contributed by atoms with Crippen LogP contribution in [0.3, 0.4) is 0 Å². The molecule has 0 aliphatic heterocycles. The molecular weight excluding hydrogens is 272 g/mol. The second-order valence-electron chi connectivity index (χ2n) is 4.27. The molecule has 0 amide bonds. The van der Waals surface area contributed by atoms with Gasteiger partial charge in [0.25, 0.3) is 0 Å². The van der Waals surface area contributed by atoms with E-state index in [0.29, 0.717) is 17.0 Å². The van der Waals surface area contributed by atoms with Crippen molar-refractivity contribution in [2.24, 2.45) is 0 Å². The van der Waals surface area contributed by atoms with Crippen molar-refractivity contribution in [3.05, 3.63) is 76.3 Å². The highest BCUT2D eigenvalue weighted by Gasteiger charge is 2.02. The molecule has 0 aliphatic carbocycles. The van der Waals surface area contributed by atoms with E-state index in [0.717, 1.165) is 17.4 Å². The van der Waals surface area contributed by atoms with Crippen molar-refractivity contribution in [1.29, 1.82) is 0 Å². The first-order chi connectivity index (χ1) is 9.70. The van der Waals surface area contributed by atoms with Crippen LogP contribution < -0.4 is 0 Å². The molecule has 0 unspecified atom stereocenters. The Labute approximate surface area is 122 Å². The number of rotatable bonds is 5. The van der Waals surface area contributed by atoms with Crippen LogP contribution in [0.2, 0.25) is 5.02 Å². The number of hydrogen-bond donors (Lipinski definition) is 0. The molecule has 0 heterocycles. The smallest absolute Gasteiger partial charge is 0.185 e. The SMILES string of the molecule is O=CCc1ccccc1/C=C/C(=O)c1ccc(Cl)cc1. The summed E-state index contributed by atoms with van der Waals surface area (Å²) in [5, 5.41) is 0.599. The Kier molecular flexibility index (Phi) is 4.85. The minimum Gasteiger partial charge on any atom is -0.303 e. The lowest BCUT2D eigenvalue weighted by Gasteiger charge is -2.01. The quantitative estimate of drug-likeness (QED) is 0.473. The maximum atomic E-state index is 12.0. The third-order valence-corrected chi connectivity index (χ3v) is 3.15. The van der Waals surface area contributed by atoms with Crippen LogP contribution in [0.25, 0.3) is 6.08 Å². The third kappa shape index (κ3) is 3.65. The van der Waals surface area contributed by atoms with Gasteiger partial charge in [-0.3, -0.25) is 4.79 Å². The van der Waals surface area contributed by atoms with Crippen molar-refractivity contribution < 1.29 is 9.59 Å². The van der Waals surface area contributed by atoms with Crippen LogP contribution >= 0.6 is 11.6 Å². The van der Waals surface area contributed by atoms with Gasteiger partial charge in [0.15, 0.2) is 5.78 Å². The maximum absolute atomic E-state index is 12.0. The molecule has 0 spiro atoms. The molecule has 0 radical (unpaired) electrons. The normalized spacial score (nSPS) is 10.7. The Morgan fingerprint density at radius 1 is 1.05 bits per heavy atom. The van der Waals surface area contributed by atoms with Crippen LogP contribution in [0.5, 0.6) is 0 Å². The highest BCUT2D eigenvalue weighted by atomic mass is 35.5. The van der Waals surface area contributed by atoms with Gasteiger partial charge in [-0.25, -0.2) is 0 Å². The summed E-state index contributed by atoms with van der Waals surface area (Å²) < 4.78 is 0. The van der Waals surface area contributed by atoms with Crippen molar-refractivity contribution in [2.45, 2.75) is 6.42 Å². The van der Waals surface area contributed by atoms with Gasteiger partial charge in [0.1, 0.15) is 6.29 Å². The van der Waals surface area contributed by atoms with E-state index in [-0.39, 0.29) is 5.78 Å². The summed E-state index contributed by atoms with van der Waals surface area (Å²) >= 11 is 5.78. The van der Waals surface area contributed by atoms with Crippen LogP contribution in [-0.4, -0.2) is 12.1 Å². The van der Waals surface area contributed by atoms with E-state index in [1.165, 1.54) is 6.08 Å². The highest BCUT2D eigenvalue weighted by Crippen LogP contribution is 2.13. The molecule has 0 fully saturated rings. The fraction of sp³-hybridized carbons (Fsp3) is 0.0588. The van der Waals surface area contributed by atoms with Crippen molar-refractivity contribution in [3.63, 3.8) is 0 Å². The number of carbonyl (C=O) groups is 2. The molecule has 0 atom stereocenters. The van der Waals surface area contributed by atoms with E-state index in [1.807, 2.05) is 24.3 Å². The average Bonchev–Trinajstić information content (AvgIpc) is 2.47. The fourth-order valence-corrected chi connectivity index (χ4v) is 1.97. The maximum Gasteiger partial charge on any atom is 0.185 e. The largest absolute Gasteiger partial charge is 0.303 e. The van der Waals surface area contributed by atoms with E-state index in [2.05, 4.69) is 0 Å². The molecule has 2 aromatic rings. The van der Waals surface area contributed by atoms with E-state index in [9.17, 15) is 9.59 Å². The zero-order valence-corrected chi connectivity index (χ0v) is 11.5. The highest BCUT2D eigenvalue weighted by molar-refractivity contribution is 6.30. The Morgan fingerprint density at radius 3 is 2.45 bits per heavy atom. The van der Waals surface area contributed by atoms with Crippen LogP contribution in [0, 0.1) is 0 Å². The third-order valence-electron chi connectivity index (χ3n) is 2.90. The number of hydrogen-bond acceptors (Lipinski definition) is 2. The summed E-state index contributed by atoms with van der Waals surface area (Å²) in [6.45, 7) is 0.